The van der Waals surface area contributed by atoms with Crippen LogP contribution in [0.2, 0.25) is 0 Å². The Morgan fingerprint density at radius 2 is 1.81 bits per heavy atom. The molecule has 0 aromatic heterocycles. The molecule has 1 aromatic rings. The first kappa shape index (κ1) is 14.5. The molecule has 1 atom stereocenters. The fourth-order valence-electron chi connectivity index (χ4n) is 3.56. The number of nitrogens with zero attached hydrogens (tertiary/aromatic N) is 2. The quantitative estimate of drug-likeness (QED) is 0.904. The fraction of sp³-hybridized carbons (Fsp3) is 0.588. The smallest absolute Gasteiger partial charge is 0.335 e. The number of rotatable bonds is 5. The normalized spacial score (nSPS) is 23.7. The van der Waals surface area contributed by atoms with Crippen LogP contribution < -0.4 is 0 Å². The molecule has 2 aliphatic rings. The minimum Gasteiger partial charge on any atom is -0.478 e. The summed E-state index contributed by atoms with van der Waals surface area (Å²) in [6.45, 7) is 5.83. The van der Waals surface area contributed by atoms with Gasteiger partial charge in [-0.25, -0.2) is 4.79 Å². The second-order valence-corrected chi connectivity index (χ2v) is 6.28. The molecule has 0 bridgehead atoms. The summed E-state index contributed by atoms with van der Waals surface area (Å²) in [4.78, 5) is 16.0. The lowest BCUT2D eigenvalue weighted by Crippen LogP contribution is -2.38. The predicted octanol–water partition coefficient (Wildman–Crippen LogP) is 2.45. The SMILES string of the molecule is O=C(O)c1ccc(CN2CCCC2CN2CCCC2)cc1. The van der Waals surface area contributed by atoms with E-state index in [9.17, 15) is 4.79 Å². The first-order valence-corrected chi connectivity index (χ1v) is 8.01. The Bertz CT molecular complexity index is 480. The molecule has 21 heavy (non-hydrogen) atoms. The van der Waals surface area contributed by atoms with E-state index in [1.54, 1.807) is 12.1 Å². The molecule has 3 rings (SSSR count). The highest BCUT2D eigenvalue weighted by Crippen LogP contribution is 2.22. The van der Waals surface area contributed by atoms with E-state index in [2.05, 4.69) is 9.80 Å². The van der Waals surface area contributed by atoms with Crippen LogP contribution in [-0.2, 0) is 6.54 Å². The van der Waals surface area contributed by atoms with Crippen molar-refractivity contribution in [3.05, 3.63) is 35.4 Å². The number of carboxylic acids is 1. The van der Waals surface area contributed by atoms with Crippen molar-refractivity contribution in [2.75, 3.05) is 26.2 Å². The molecule has 2 saturated heterocycles. The van der Waals surface area contributed by atoms with Gasteiger partial charge in [0.15, 0.2) is 0 Å². The molecular formula is C17H24N2O2. The van der Waals surface area contributed by atoms with E-state index >= 15 is 0 Å². The fourth-order valence-corrected chi connectivity index (χ4v) is 3.56. The van der Waals surface area contributed by atoms with Gasteiger partial charge in [0, 0.05) is 19.1 Å². The molecule has 4 heteroatoms. The first-order valence-electron chi connectivity index (χ1n) is 8.01. The van der Waals surface area contributed by atoms with Crippen molar-refractivity contribution >= 4 is 5.97 Å². The average Bonchev–Trinajstić information content (AvgIpc) is 3.13. The van der Waals surface area contributed by atoms with E-state index in [-0.39, 0.29) is 0 Å². The van der Waals surface area contributed by atoms with Crippen LogP contribution >= 0.6 is 0 Å². The van der Waals surface area contributed by atoms with Crippen LogP contribution in [0.25, 0.3) is 0 Å². The van der Waals surface area contributed by atoms with Crippen LogP contribution in [0.15, 0.2) is 24.3 Å². The standard InChI is InChI=1S/C17H24N2O2/c20-17(21)15-7-5-14(6-8-15)12-19-11-3-4-16(19)13-18-9-1-2-10-18/h5-8,16H,1-4,9-13H2,(H,20,21). The summed E-state index contributed by atoms with van der Waals surface area (Å²) in [5.41, 5.74) is 1.59. The molecule has 0 saturated carbocycles. The maximum absolute atomic E-state index is 10.9. The third kappa shape index (κ3) is 3.63. The van der Waals surface area contributed by atoms with Gasteiger partial charge in [-0.3, -0.25) is 4.90 Å². The maximum atomic E-state index is 10.9. The van der Waals surface area contributed by atoms with Gasteiger partial charge in [-0.15, -0.1) is 0 Å². The molecule has 2 heterocycles. The minimum atomic E-state index is -0.852. The molecule has 114 valence electrons. The Hall–Kier alpha value is -1.39. The molecule has 0 aliphatic carbocycles. The number of benzene rings is 1. The highest BCUT2D eigenvalue weighted by atomic mass is 16.4. The Morgan fingerprint density at radius 1 is 1.10 bits per heavy atom. The second kappa shape index (κ2) is 6.58. The molecule has 1 N–H and O–H groups in total. The Kier molecular flexibility index (Phi) is 4.56. The topological polar surface area (TPSA) is 43.8 Å². The second-order valence-electron chi connectivity index (χ2n) is 6.28. The molecule has 0 spiro atoms. The molecule has 2 aliphatic heterocycles. The highest BCUT2D eigenvalue weighted by molar-refractivity contribution is 5.87. The summed E-state index contributed by atoms with van der Waals surface area (Å²) in [6, 6.07) is 8.00. The number of carboxylic acid groups (broad SMARTS) is 1. The summed E-state index contributed by atoms with van der Waals surface area (Å²) in [5.74, 6) is -0.852. The predicted molar refractivity (Wildman–Crippen MR) is 82.5 cm³/mol. The van der Waals surface area contributed by atoms with E-state index in [1.807, 2.05) is 12.1 Å². The lowest BCUT2D eigenvalue weighted by atomic mass is 10.1. The van der Waals surface area contributed by atoms with Crippen LogP contribution in [0.3, 0.4) is 0 Å². The molecule has 2 fully saturated rings. The van der Waals surface area contributed by atoms with Gasteiger partial charge in [0.1, 0.15) is 0 Å². The number of aromatic carboxylic acids is 1. The molecule has 4 nitrogen and oxygen atoms in total. The molecular weight excluding hydrogens is 264 g/mol. The number of carbonyl (C=O) groups is 1. The van der Waals surface area contributed by atoms with Gasteiger partial charge in [0.25, 0.3) is 0 Å². The maximum Gasteiger partial charge on any atom is 0.335 e. The van der Waals surface area contributed by atoms with E-state index in [4.69, 9.17) is 5.11 Å². The Labute approximate surface area is 126 Å². The third-order valence-corrected chi connectivity index (χ3v) is 4.75. The molecule has 1 unspecified atom stereocenters. The van der Waals surface area contributed by atoms with E-state index < -0.39 is 5.97 Å². The van der Waals surface area contributed by atoms with Gasteiger partial charge in [0.2, 0.25) is 0 Å². The van der Waals surface area contributed by atoms with Crippen LogP contribution in [0.5, 0.6) is 0 Å². The summed E-state index contributed by atoms with van der Waals surface area (Å²) in [6.07, 6.45) is 5.28. The lowest BCUT2D eigenvalue weighted by molar-refractivity contribution is 0.0697. The molecule has 1 aromatic carbocycles. The van der Waals surface area contributed by atoms with Crippen molar-refractivity contribution in [3.63, 3.8) is 0 Å². The largest absolute Gasteiger partial charge is 0.478 e. The zero-order chi connectivity index (χ0) is 14.7. The van der Waals surface area contributed by atoms with Gasteiger partial charge in [-0.1, -0.05) is 12.1 Å². The average molecular weight is 288 g/mol. The van der Waals surface area contributed by atoms with E-state index in [0.717, 1.165) is 6.54 Å². The third-order valence-electron chi connectivity index (χ3n) is 4.75. The van der Waals surface area contributed by atoms with Crippen LogP contribution in [0.4, 0.5) is 0 Å². The number of hydrogen-bond acceptors (Lipinski definition) is 3. The Balaban J connectivity index is 1.58. The van der Waals surface area contributed by atoms with E-state index in [1.165, 1.54) is 57.4 Å². The number of likely N-dealkylation sites (tertiary alicyclic amines) is 2. The monoisotopic (exact) mass is 288 g/mol. The van der Waals surface area contributed by atoms with Crippen LogP contribution in [0.1, 0.15) is 41.6 Å². The highest BCUT2D eigenvalue weighted by Gasteiger charge is 2.27. The van der Waals surface area contributed by atoms with Gasteiger partial charge in [0.05, 0.1) is 5.56 Å². The van der Waals surface area contributed by atoms with Gasteiger partial charge >= 0.3 is 5.97 Å². The van der Waals surface area contributed by atoms with Crippen molar-refractivity contribution in [2.24, 2.45) is 0 Å². The summed E-state index contributed by atoms with van der Waals surface area (Å²) in [7, 11) is 0. The molecule has 0 radical (unpaired) electrons. The lowest BCUT2D eigenvalue weighted by Gasteiger charge is -2.28. The van der Waals surface area contributed by atoms with Crippen molar-refractivity contribution in [1.29, 1.82) is 0 Å². The summed E-state index contributed by atoms with van der Waals surface area (Å²) >= 11 is 0. The Morgan fingerprint density at radius 3 is 2.48 bits per heavy atom. The van der Waals surface area contributed by atoms with Gasteiger partial charge < -0.3 is 10.0 Å². The van der Waals surface area contributed by atoms with Crippen molar-refractivity contribution in [3.8, 4) is 0 Å². The summed E-state index contributed by atoms with van der Waals surface area (Å²) < 4.78 is 0. The zero-order valence-corrected chi connectivity index (χ0v) is 12.5. The molecule has 0 amide bonds. The van der Waals surface area contributed by atoms with Crippen molar-refractivity contribution in [2.45, 2.75) is 38.3 Å². The van der Waals surface area contributed by atoms with Gasteiger partial charge in [-0.2, -0.15) is 0 Å². The minimum absolute atomic E-state index is 0.369. The van der Waals surface area contributed by atoms with Crippen LogP contribution in [0, 0.1) is 0 Å². The first-order chi connectivity index (χ1) is 10.2. The van der Waals surface area contributed by atoms with Crippen molar-refractivity contribution in [1.82, 2.24) is 9.80 Å². The number of hydrogen-bond donors (Lipinski definition) is 1. The zero-order valence-electron chi connectivity index (χ0n) is 12.5. The van der Waals surface area contributed by atoms with Crippen molar-refractivity contribution < 1.29 is 9.90 Å². The van der Waals surface area contributed by atoms with Gasteiger partial charge in [-0.05, 0) is 63.0 Å². The van der Waals surface area contributed by atoms with Crippen LogP contribution in [-0.4, -0.2) is 53.1 Å². The summed E-state index contributed by atoms with van der Waals surface area (Å²) in [5, 5.41) is 8.95. The van der Waals surface area contributed by atoms with E-state index in [0.29, 0.717) is 11.6 Å².